The fraction of sp³-hybridized carbons (Fsp3) is 0.471. The van der Waals surface area contributed by atoms with Crippen molar-refractivity contribution in [2.24, 2.45) is 11.1 Å². The highest BCUT2D eigenvalue weighted by Crippen LogP contribution is 2.35. The maximum absolute atomic E-state index is 12.2. The molecule has 0 aromatic carbocycles. The fourth-order valence-corrected chi connectivity index (χ4v) is 3.35. The summed E-state index contributed by atoms with van der Waals surface area (Å²) in [5.74, 6) is 0.430. The highest BCUT2D eigenvalue weighted by atomic mass is 16.1. The van der Waals surface area contributed by atoms with Crippen LogP contribution in [0.2, 0.25) is 0 Å². The van der Waals surface area contributed by atoms with Crippen LogP contribution in [0.3, 0.4) is 0 Å². The first-order valence-electron chi connectivity index (χ1n) is 8.26. The van der Waals surface area contributed by atoms with E-state index in [4.69, 9.17) is 5.73 Å². The van der Waals surface area contributed by atoms with Gasteiger partial charge in [0.15, 0.2) is 0 Å². The van der Waals surface area contributed by atoms with E-state index in [9.17, 15) is 4.79 Å². The maximum atomic E-state index is 12.2. The van der Waals surface area contributed by atoms with E-state index in [-0.39, 0.29) is 5.91 Å². The van der Waals surface area contributed by atoms with Crippen molar-refractivity contribution in [1.82, 2.24) is 19.9 Å². The zero-order valence-electron chi connectivity index (χ0n) is 13.6. The summed E-state index contributed by atoms with van der Waals surface area (Å²) in [7, 11) is 0. The number of piperidine rings is 1. The zero-order valence-corrected chi connectivity index (χ0v) is 13.6. The summed E-state index contributed by atoms with van der Waals surface area (Å²) in [6, 6.07) is 1.79. The van der Waals surface area contributed by atoms with Gasteiger partial charge in [-0.15, -0.1) is 0 Å². The van der Waals surface area contributed by atoms with Gasteiger partial charge < -0.3 is 10.6 Å². The van der Waals surface area contributed by atoms with Crippen molar-refractivity contribution >= 4 is 11.9 Å². The molecular formula is C17H22N6O. The third-order valence-corrected chi connectivity index (χ3v) is 4.64. The topological polar surface area (TPSA) is 97.9 Å². The van der Waals surface area contributed by atoms with E-state index in [0.717, 1.165) is 44.3 Å². The monoisotopic (exact) mass is 326 g/mol. The number of rotatable bonds is 6. The lowest BCUT2D eigenvalue weighted by Gasteiger charge is -2.40. The Morgan fingerprint density at radius 1 is 1.21 bits per heavy atom. The van der Waals surface area contributed by atoms with Crippen molar-refractivity contribution in [3.05, 3.63) is 42.7 Å². The number of hydrogen-bond acceptors (Lipinski definition) is 6. The van der Waals surface area contributed by atoms with Crippen LogP contribution in [-0.4, -0.2) is 38.9 Å². The maximum Gasteiger partial charge on any atom is 0.225 e. The van der Waals surface area contributed by atoms with Crippen LogP contribution in [0.1, 0.15) is 31.4 Å². The number of amides is 1. The molecule has 2 aromatic heterocycles. The van der Waals surface area contributed by atoms with E-state index in [1.807, 2.05) is 0 Å². The molecule has 0 unspecified atom stereocenters. The quantitative estimate of drug-likeness (QED) is 0.861. The first kappa shape index (κ1) is 16.3. The fourth-order valence-electron chi connectivity index (χ4n) is 3.35. The van der Waals surface area contributed by atoms with E-state index in [1.54, 1.807) is 37.1 Å². The van der Waals surface area contributed by atoms with Crippen LogP contribution in [0.15, 0.2) is 37.1 Å². The highest BCUT2D eigenvalue weighted by Gasteiger charge is 2.40. The van der Waals surface area contributed by atoms with Gasteiger partial charge in [-0.3, -0.25) is 14.8 Å². The Morgan fingerprint density at radius 2 is 2.04 bits per heavy atom. The zero-order chi connectivity index (χ0) is 16.8. The first-order chi connectivity index (χ1) is 11.7. The molecule has 1 aliphatic heterocycles. The predicted octanol–water partition coefficient (Wildman–Crippen LogP) is 1.36. The molecule has 3 heterocycles. The van der Waals surface area contributed by atoms with Gasteiger partial charge in [-0.25, -0.2) is 9.97 Å². The van der Waals surface area contributed by atoms with Crippen molar-refractivity contribution in [1.29, 1.82) is 0 Å². The van der Waals surface area contributed by atoms with E-state index < -0.39 is 5.41 Å². The van der Waals surface area contributed by atoms with Gasteiger partial charge in [-0.1, -0.05) is 0 Å². The largest absolute Gasteiger partial charge is 0.369 e. The summed E-state index contributed by atoms with van der Waals surface area (Å²) in [5.41, 5.74) is 6.20. The first-order valence-corrected chi connectivity index (χ1v) is 8.26. The molecule has 1 aliphatic rings. The Morgan fingerprint density at radius 3 is 2.75 bits per heavy atom. The summed E-state index contributed by atoms with van der Waals surface area (Å²) in [4.78, 5) is 31.2. The second kappa shape index (κ2) is 7.33. The lowest BCUT2D eigenvalue weighted by Crippen LogP contribution is -2.51. The number of hydrogen-bond donors (Lipinski definition) is 1. The van der Waals surface area contributed by atoms with Gasteiger partial charge in [0.1, 0.15) is 0 Å². The number of aryl methyl sites for hydroxylation is 1. The number of aromatic nitrogens is 4. The molecule has 0 aliphatic carbocycles. The second-order valence-electron chi connectivity index (χ2n) is 6.27. The second-order valence-corrected chi connectivity index (χ2v) is 6.27. The lowest BCUT2D eigenvalue weighted by molar-refractivity contribution is -0.128. The van der Waals surface area contributed by atoms with Gasteiger partial charge in [0.05, 0.1) is 11.1 Å². The van der Waals surface area contributed by atoms with Crippen molar-refractivity contribution in [3.8, 4) is 0 Å². The molecule has 7 heteroatoms. The van der Waals surface area contributed by atoms with E-state index in [0.29, 0.717) is 12.5 Å². The molecule has 1 amide bonds. The smallest absolute Gasteiger partial charge is 0.225 e. The van der Waals surface area contributed by atoms with E-state index in [2.05, 4.69) is 24.8 Å². The molecule has 0 bridgehead atoms. The molecule has 2 N–H and O–H groups in total. The van der Waals surface area contributed by atoms with Crippen molar-refractivity contribution in [2.45, 2.75) is 32.1 Å². The van der Waals surface area contributed by atoms with Gasteiger partial charge >= 0.3 is 0 Å². The molecule has 0 spiro atoms. The van der Waals surface area contributed by atoms with Crippen LogP contribution in [0.4, 0.5) is 5.95 Å². The van der Waals surface area contributed by atoms with E-state index in [1.165, 1.54) is 0 Å². The highest BCUT2D eigenvalue weighted by molar-refractivity contribution is 5.81. The molecule has 1 atom stereocenters. The number of carbonyl (C=O) groups excluding carboxylic acids is 1. The normalized spacial score (nSPS) is 20.8. The summed E-state index contributed by atoms with van der Waals surface area (Å²) < 4.78 is 0. The Bertz CT molecular complexity index is 665. The lowest BCUT2D eigenvalue weighted by atomic mass is 9.75. The standard InChI is InChI=1S/C17H22N6O/c18-15(24)17(5-1-4-14-12-19-9-10-20-14)6-2-11-23(13-17)16-21-7-3-8-22-16/h3,7-10,12H,1-2,4-6,11,13H2,(H2,18,24)/t17-/m1/s1. The van der Waals surface area contributed by atoms with Crippen molar-refractivity contribution in [2.75, 3.05) is 18.0 Å². The van der Waals surface area contributed by atoms with Crippen LogP contribution in [-0.2, 0) is 11.2 Å². The Balaban J connectivity index is 1.67. The van der Waals surface area contributed by atoms with Crippen LogP contribution in [0.25, 0.3) is 0 Å². The SMILES string of the molecule is NC(=O)[C@]1(CCCc2cnccn2)CCCN(c2ncccn2)C1. The minimum Gasteiger partial charge on any atom is -0.369 e. The number of carbonyl (C=O) groups is 1. The van der Waals surface area contributed by atoms with Crippen LogP contribution < -0.4 is 10.6 Å². The summed E-state index contributed by atoms with van der Waals surface area (Å²) in [6.45, 7) is 1.43. The molecule has 7 nitrogen and oxygen atoms in total. The molecular weight excluding hydrogens is 304 g/mol. The van der Waals surface area contributed by atoms with Crippen molar-refractivity contribution < 1.29 is 4.79 Å². The molecule has 3 rings (SSSR count). The van der Waals surface area contributed by atoms with Gasteiger partial charge in [0, 0.05) is 44.1 Å². The van der Waals surface area contributed by atoms with Crippen LogP contribution in [0.5, 0.6) is 0 Å². The average molecular weight is 326 g/mol. The average Bonchev–Trinajstić information content (AvgIpc) is 2.63. The molecule has 1 fully saturated rings. The minimum absolute atomic E-state index is 0.234. The number of primary amides is 1. The molecule has 1 saturated heterocycles. The molecule has 126 valence electrons. The Kier molecular flexibility index (Phi) is 4.98. The van der Waals surface area contributed by atoms with Crippen molar-refractivity contribution in [3.63, 3.8) is 0 Å². The predicted molar refractivity (Wildman–Crippen MR) is 90.1 cm³/mol. The van der Waals surface area contributed by atoms with Gasteiger partial charge in [0.25, 0.3) is 0 Å². The van der Waals surface area contributed by atoms with Crippen LogP contribution in [0, 0.1) is 5.41 Å². The number of nitrogens with zero attached hydrogens (tertiary/aromatic N) is 5. The summed E-state index contributed by atoms with van der Waals surface area (Å²) in [6.07, 6.45) is 12.7. The third-order valence-electron chi connectivity index (χ3n) is 4.64. The van der Waals surface area contributed by atoms with E-state index >= 15 is 0 Å². The Hall–Kier alpha value is -2.57. The summed E-state index contributed by atoms with van der Waals surface area (Å²) in [5, 5.41) is 0. The molecule has 0 saturated carbocycles. The van der Waals surface area contributed by atoms with Gasteiger partial charge in [-0.05, 0) is 38.2 Å². The number of anilines is 1. The Labute approximate surface area is 141 Å². The van der Waals surface area contributed by atoms with Crippen LogP contribution >= 0.6 is 0 Å². The molecule has 2 aromatic rings. The molecule has 24 heavy (non-hydrogen) atoms. The van der Waals surface area contributed by atoms with Gasteiger partial charge in [0.2, 0.25) is 11.9 Å². The third kappa shape index (κ3) is 3.67. The molecule has 0 radical (unpaired) electrons. The minimum atomic E-state index is -0.528. The number of nitrogens with two attached hydrogens (primary N) is 1. The van der Waals surface area contributed by atoms with Gasteiger partial charge in [-0.2, -0.15) is 0 Å². The summed E-state index contributed by atoms with van der Waals surface area (Å²) >= 11 is 0.